The van der Waals surface area contributed by atoms with Gasteiger partial charge < -0.3 is 21.3 Å². The molecular weight excluding hydrogens is 364 g/mol. The highest BCUT2D eigenvalue weighted by atomic mass is 16.1. The number of benzene rings is 2. The molecule has 1 saturated heterocycles. The fourth-order valence-electron chi connectivity index (χ4n) is 3.64. The van der Waals surface area contributed by atoms with Crippen LogP contribution < -0.4 is 16.4 Å². The molecule has 1 fully saturated rings. The highest BCUT2D eigenvalue weighted by Crippen LogP contribution is 2.22. The molecule has 7 heteroatoms. The van der Waals surface area contributed by atoms with Crippen LogP contribution in [-0.2, 0) is 11.3 Å². The molecule has 0 atom stereocenters. The maximum absolute atomic E-state index is 12.5. The van der Waals surface area contributed by atoms with E-state index in [0.717, 1.165) is 48.1 Å². The Hall–Kier alpha value is -3.19. The SMILES string of the molecule is CN1CCC(C(=O)Nc2ccc(CNc3nc(N)nc4ccccc34)cc2)CC1. The standard InChI is InChI=1S/C22H26N6O/c1-28-12-10-16(11-13-28)21(29)25-17-8-6-15(7-9-17)14-24-20-18-4-2-3-5-19(18)26-22(23)27-20/h2-9,16H,10-14H2,1H3,(H,25,29)(H3,23,24,26,27). The van der Waals surface area contributed by atoms with Gasteiger partial charge in [-0.3, -0.25) is 4.79 Å². The lowest BCUT2D eigenvalue weighted by Gasteiger charge is -2.28. The fourth-order valence-corrected chi connectivity index (χ4v) is 3.64. The largest absolute Gasteiger partial charge is 0.368 e. The second-order valence-electron chi connectivity index (χ2n) is 7.56. The molecular formula is C22H26N6O. The number of nitrogens with one attached hydrogen (secondary N) is 2. The van der Waals surface area contributed by atoms with Crippen molar-refractivity contribution in [3.8, 4) is 0 Å². The number of fused-ring (bicyclic) bond motifs is 1. The number of anilines is 3. The van der Waals surface area contributed by atoms with E-state index in [4.69, 9.17) is 5.73 Å². The molecule has 2 heterocycles. The van der Waals surface area contributed by atoms with Gasteiger partial charge >= 0.3 is 0 Å². The zero-order chi connectivity index (χ0) is 20.2. The van der Waals surface area contributed by atoms with Crippen LogP contribution in [0.2, 0.25) is 0 Å². The van der Waals surface area contributed by atoms with Gasteiger partial charge in [0.2, 0.25) is 11.9 Å². The van der Waals surface area contributed by atoms with Crippen LogP contribution in [0.25, 0.3) is 10.9 Å². The minimum absolute atomic E-state index is 0.101. The summed E-state index contributed by atoms with van der Waals surface area (Å²) in [6.07, 6.45) is 1.83. The average Bonchev–Trinajstić information content (AvgIpc) is 2.73. The summed E-state index contributed by atoms with van der Waals surface area (Å²) < 4.78 is 0. The van der Waals surface area contributed by atoms with Crippen molar-refractivity contribution in [1.29, 1.82) is 0 Å². The number of hydrogen-bond acceptors (Lipinski definition) is 6. The molecule has 0 saturated carbocycles. The third-order valence-corrected chi connectivity index (χ3v) is 5.39. The Morgan fingerprint density at radius 1 is 1.10 bits per heavy atom. The maximum atomic E-state index is 12.5. The number of para-hydroxylation sites is 1. The zero-order valence-corrected chi connectivity index (χ0v) is 16.6. The second-order valence-corrected chi connectivity index (χ2v) is 7.56. The number of nitrogens with two attached hydrogens (primary N) is 1. The number of likely N-dealkylation sites (tertiary alicyclic amines) is 1. The molecule has 7 nitrogen and oxygen atoms in total. The molecule has 0 radical (unpaired) electrons. The lowest BCUT2D eigenvalue weighted by atomic mass is 9.96. The van der Waals surface area contributed by atoms with E-state index in [1.165, 1.54) is 0 Å². The van der Waals surface area contributed by atoms with Crippen molar-refractivity contribution < 1.29 is 4.79 Å². The van der Waals surface area contributed by atoms with Crippen molar-refractivity contribution in [2.75, 3.05) is 36.5 Å². The van der Waals surface area contributed by atoms with E-state index in [1.807, 2.05) is 48.5 Å². The van der Waals surface area contributed by atoms with Crippen molar-refractivity contribution >= 4 is 34.3 Å². The number of hydrogen-bond donors (Lipinski definition) is 3. The molecule has 1 amide bonds. The molecule has 4 N–H and O–H groups in total. The first-order chi connectivity index (χ1) is 14.1. The van der Waals surface area contributed by atoms with E-state index < -0.39 is 0 Å². The minimum Gasteiger partial charge on any atom is -0.368 e. The van der Waals surface area contributed by atoms with E-state index in [-0.39, 0.29) is 17.8 Å². The summed E-state index contributed by atoms with van der Waals surface area (Å²) in [5, 5.41) is 7.32. The Bertz CT molecular complexity index is 996. The smallest absolute Gasteiger partial charge is 0.227 e. The zero-order valence-electron chi connectivity index (χ0n) is 16.6. The lowest BCUT2D eigenvalue weighted by molar-refractivity contribution is -0.121. The molecule has 1 aliphatic heterocycles. The predicted molar refractivity (Wildman–Crippen MR) is 117 cm³/mol. The Morgan fingerprint density at radius 3 is 2.59 bits per heavy atom. The van der Waals surface area contributed by atoms with Gasteiger partial charge in [0.05, 0.1) is 5.52 Å². The topological polar surface area (TPSA) is 96.2 Å². The van der Waals surface area contributed by atoms with E-state index in [0.29, 0.717) is 12.4 Å². The van der Waals surface area contributed by atoms with Gasteiger partial charge in [-0.15, -0.1) is 0 Å². The third kappa shape index (κ3) is 4.63. The van der Waals surface area contributed by atoms with E-state index >= 15 is 0 Å². The summed E-state index contributed by atoms with van der Waals surface area (Å²) in [7, 11) is 2.10. The van der Waals surface area contributed by atoms with Crippen molar-refractivity contribution in [1.82, 2.24) is 14.9 Å². The van der Waals surface area contributed by atoms with Crippen LogP contribution in [0.5, 0.6) is 0 Å². The quantitative estimate of drug-likeness (QED) is 0.619. The van der Waals surface area contributed by atoms with E-state index in [1.54, 1.807) is 0 Å². The molecule has 1 aromatic heterocycles. The maximum Gasteiger partial charge on any atom is 0.227 e. The Morgan fingerprint density at radius 2 is 1.83 bits per heavy atom. The monoisotopic (exact) mass is 390 g/mol. The fraction of sp³-hybridized carbons (Fsp3) is 0.318. The Balaban J connectivity index is 1.37. The van der Waals surface area contributed by atoms with Gasteiger partial charge in [0.1, 0.15) is 5.82 Å². The number of nitrogens with zero attached hydrogens (tertiary/aromatic N) is 3. The first-order valence-electron chi connectivity index (χ1n) is 9.93. The first-order valence-corrected chi connectivity index (χ1v) is 9.93. The molecule has 0 aliphatic carbocycles. The molecule has 29 heavy (non-hydrogen) atoms. The summed E-state index contributed by atoms with van der Waals surface area (Å²) in [6, 6.07) is 15.7. The second kappa shape index (κ2) is 8.45. The van der Waals surface area contributed by atoms with Gasteiger partial charge in [-0.2, -0.15) is 4.98 Å². The highest BCUT2D eigenvalue weighted by molar-refractivity contribution is 5.92. The molecule has 1 aliphatic rings. The number of carbonyl (C=O) groups excluding carboxylic acids is 1. The summed E-state index contributed by atoms with van der Waals surface area (Å²) >= 11 is 0. The minimum atomic E-state index is 0.101. The molecule has 150 valence electrons. The van der Waals surface area contributed by atoms with Crippen LogP contribution in [0.3, 0.4) is 0 Å². The van der Waals surface area contributed by atoms with E-state index in [2.05, 4.69) is 32.5 Å². The summed E-state index contributed by atoms with van der Waals surface area (Å²) in [6.45, 7) is 2.56. The van der Waals surface area contributed by atoms with Crippen molar-refractivity contribution in [2.45, 2.75) is 19.4 Å². The molecule has 4 rings (SSSR count). The molecule has 0 unspecified atom stereocenters. The van der Waals surface area contributed by atoms with Crippen LogP contribution in [-0.4, -0.2) is 40.9 Å². The average molecular weight is 390 g/mol. The van der Waals surface area contributed by atoms with Crippen molar-refractivity contribution in [3.63, 3.8) is 0 Å². The predicted octanol–water partition coefficient (Wildman–Crippen LogP) is 3.10. The summed E-state index contributed by atoms with van der Waals surface area (Å²) in [5.41, 5.74) is 8.55. The molecule has 0 bridgehead atoms. The number of amides is 1. The van der Waals surface area contributed by atoms with Gasteiger partial charge in [-0.05, 0) is 62.8 Å². The van der Waals surface area contributed by atoms with Gasteiger partial charge in [-0.1, -0.05) is 24.3 Å². The molecule has 2 aromatic carbocycles. The lowest BCUT2D eigenvalue weighted by Crippen LogP contribution is -2.35. The molecule has 3 aromatic rings. The number of nitrogen functional groups attached to an aromatic ring is 1. The summed E-state index contributed by atoms with van der Waals surface area (Å²) in [4.78, 5) is 23.3. The van der Waals surface area contributed by atoms with Gasteiger partial charge in [0, 0.05) is 23.5 Å². The van der Waals surface area contributed by atoms with Gasteiger partial charge in [0.15, 0.2) is 0 Å². The number of piperidine rings is 1. The normalized spacial score (nSPS) is 15.3. The van der Waals surface area contributed by atoms with Crippen LogP contribution in [0.1, 0.15) is 18.4 Å². The van der Waals surface area contributed by atoms with Crippen LogP contribution >= 0.6 is 0 Å². The van der Waals surface area contributed by atoms with Crippen LogP contribution in [0, 0.1) is 5.92 Å². The van der Waals surface area contributed by atoms with Crippen molar-refractivity contribution in [3.05, 3.63) is 54.1 Å². The summed E-state index contributed by atoms with van der Waals surface area (Å²) in [5.74, 6) is 1.18. The number of carbonyl (C=O) groups is 1. The number of rotatable bonds is 5. The van der Waals surface area contributed by atoms with Gasteiger partial charge in [0.25, 0.3) is 0 Å². The molecule has 0 spiro atoms. The van der Waals surface area contributed by atoms with E-state index in [9.17, 15) is 4.79 Å². The van der Waals surface area contributed by atoms with Gasteiger partial charge in [-0.25, -0.2) is 4.98 Å². The van der Waals surface area contributed by atoms with Crippen molar-refractivity contribution in [2.24, 2.45) is 5.92 Å². The Kier molecular flexibility index (Phi) is 5.57. The van der Waals surface area contributed by atoms with Crippen LogP contribution in [0.4, 0.5) is 17.5 Å². The van der Waals surface area contributed by atoms with Crippen LogP contribution in [0.15, 0.2) is 48.5 Å². The highest BCUT2D eigenvalue weighted by Gasteiger charge is 2.23. The first kappa shape index (κ1) is 19.1. The number of aromatic nitrogens is 2. The third-order valence-electron chi connectivity index (χ3n) is 5.39. The Labute approximate surface area is 170 Å².